The molecular weight excluding hydrogens is 242 g/mol. The first kappa shape index (κ1) is 14.1. The molecule has 0 unspecified atom stereocenters. The van der Waals surface area contributed by atoms with E-state index in [1.807, 2.05) is 13.8 Å². The smallest absolute Gasteiger partial charge is 0.255 e. The number of amides is 1. The fraction of sp³-hybridized carbons (Fsp3) is 0.714. The lowest BCUT2D eigenvalue weighted by atomic mass is 9.98. The molecule has 1 heterocycles. The van der Waals surface area contributed by atoms with Gasteiger partial charge in [0.2, 0.25) is 0 Å². The Bertz CT molecular complexity index is 403. The molecule has 0 radical (unpaired) electrons. The lowest BCUT2D eigenvalue weighted by Crippen LogP contribution is -2.30. The number of aromatic nitrogens is 2. The van der Waals surface area contributed by atoms with Crippen molar-refractivity contribution in [3.05, 3.63) is 17.0 Å². The van der Waals surface area contributed by atoms with Crippen LogP contribution in [-0.2, 0) is 4.74 Å². The number of hydrogen-bond acceptors (Lipinski definition) is 3. The van der Waals surface area contributed by atoms with E-state index in [2.05, 4.69) is 15.5 Å². The van der Waals surface area contributed by atoms with E-state index in [-0.39, 0.29) is 5.91 Å². The van der Waals surface area contributed by atoms with E-state index in [1.54, 1.807) is 0 Å². The van der Waals surface area contributed by atoms with E-state index in [1.165, 1.54) is 19.3 Å². The molecule has 1 aromatic rings. The lowest BCUT2D eigenvalue weighted by molar-refractivity contribution is 0.0299. The molecule has 1 aromatic heterocycles. The molecule has 0 aromatic carbocycles. The summed E-state index contributed by atoms with van der Waals surface area (Å²) in [4.78, 5) is 12.0. The first-order valence-corrected chi connectivity index (χ1v) is 7.10. The van der Waals surface area contributed by atoms with E-state index in [9.17, 15) is 4.79 Å². The van der Waals surface area contributed by atoms with Gasteiger partial charge in [0.1, 0.15) is 0 Å². The van der Waals surface area contributed by atoms with Crippen LogP contribution >= 0.6 is 0 Å². The van der Waals surface area contributed by atoms with Gasteiger partial charge in [-0.3, -0.25) is 9.89 Å². The van der Waals surface area contributed by atoms with Gasteiger partial charge in [-0.15, -0.1) is 0 Å². The molecule has 0 saturated heterocycles. The van der Waals surface area contributed by atoms with Crippen molar-refractivity contribution in [2.45, 2.75) is 52.1 Å². The summed E-state index contributed by atoms with van der Waals surface area (Å²) in [5, 5.41) is 9.72. The highest BCUT2D eigenvalue weighted by atomic mass is 16.5. The Labute approximate surface area is 114 Å². The number of ether oxygens (including phenoxy) is 1. The normalized spacial score (nSPS) is 16.5. The third-order valence-corrected chi connectivity index (χ3v) is 3.65. The van der Waals surface area contributed by atoms with Crippen molar-refractivity contribution in [2.24, 2.45) is 0 Å². The maximum atomic E-state index is 12.0. The predicted molar refractivity (Wildman–Crippen MR) is 73.2 cm³/mol. The zero-order valence-corrected chi connectivity index (χ0v) is 11.8. The number of rotatable bonds is 5. The zero-order valence-electron chi connectivity index (χ0n) is 11.8. The number of nitrogens with one attached hydrogen (secondary N) is 2. The van der Waals surface area contributed by atoms with Crippen molar-refractivity contribution in [1.29, 1.82) is 0 Å². The molecule has 0 spiro atoms. The fourth-order valence-corrected chi connectivity index (χ4v) is 2.60. The minimum Gasteiger partial charge on any atom is -0.376 e. The van der Waals surface area contributed by atoms with E-state index in [4.69, 9.17) is 4.74 Å². The average molecular weight is 265 g/mol. The molecule has 1 saturated carbocycles. The van der Waals surface area contributed by atoms with Gasteiger partial charge in [0, 0.05) is 12.2 Å². The SMILES string of the molecule is Cc1n[nH]c(C)c1C(=O)NCCOC1CCCCC1. The number of nitrogens with zero attached hydrogens (tertiary/aromatic N) is 1. The minimum absolute atomic E-state index is 0.0732. The quantitative estimate of drug-likeness (QED) is 0.801. The maximum absolute atomic E-state index is 12.0. The molecule has 1 aliphatic rings. The highest BCUT2D eigenvalue weighted by Gasteiger charge is 2.16. The number of hydrogen-bond donors (Lipinski definition) is 2. The highest BCUT2D eigenvalue weighted by molar-refractivity contribution is 5.96. The monoisotopic (exact) mass is 265 g/mol. The second-order valence-electron chi connectivity index (χ2n) is 5.20. The highest BCUT2D eigenvalue weighted by Crippen LogP contribution is 2.19. The molecule has 5 heteroatoms. The van der Waals surface area contributed by atoms with Gasteiger partial charge in [-0.05, 0) is 26.7 Å². The molecule has 0 atom stereocenters. The standard InChI is InChI=1S/C14H23N3O2/c1-10-13(11(2)17-16-10)14(18)15-8-9-19-12-6-4-3-5-7-12/h12H,3-9H2,1-2H3,(H,15,18)(H,16,17). The van der Waals surface area contributed by atoms with Gasteiger partial charge in [0.15, 0.2) is 0 Å². The van der Waals surface area contributed by atoms with E-state index < -0.39 is 0 Å². The number of aromatic amines is 1. The van der Waals surface area contributed by atoms with Gasteiger partial charge in [0.25, 0.3) is 5.91 Å². The number of carbonyl (C=O) groups excluding carboxylic acids is 1. The molecular formula is C14H23N3O2. The topological polar surface area (TPSA) is 67.0 Å². The Morgan fingerprint density at radius 3 is 2.74 bits per heavy atom. The first-order chi connectivity index (χ1) is 9.18. The van der Waals surface area contributed by atoms with Crippen molar-refractivity contribution < 1.29 is 9.53 Å². The van der Waals surface area contributed by atoms with Crippen LogP contribution in [0.3, 0.4) is 0 Å². The van der Waals surface area contributed by atoms with Crippen molar-refractivity contribution >= 4 is 5.91 Å². The largest absolute Gasteiger partial charge is 0.376 e. The molecule has 1 amide bonds. The molecule has 5 nitrogen and oxygen atoms in total. The Kier molecular flexibility index (Phi) is 4.96. The van der Waals surface area contributed by atoms with Crippen LogP contribution in [-0.4, -0.2) is 35.4 Å². The Morgan fingerprint density at radius 2 is 2.11 bits per heavy atom. The van der Waals surface area contributed by atoms with Crippen LogP contribution < -0.4 is 5.32 Å². The van der Waals surface area contributed by atoms with E-state index in [0.717, 1.165) is 24.2 Å². The van der Waals surface area contributed by atoms with Gasteiger partial charge < -0.3 is 10.1 Å². The van der Waals surface area contributed by atoms with E-state index >= 15 is 0 Å². The second kappa shape index (κ2) is 6.70. The van der Waals surface area contributed by atoms with Crippen molar-refractivity contribution in [1.82, 2.24) is 15.5 Å². The van der Waals surface area contributed by atoms with Crippen LogP contribution in [0.4, 0.5) is 0 Å². The van der Waals surface area contributed by atoms with Crippen molar-refractivity contribution in [2.75, 3.05) is 13.2 Å². The fourth-order valence-electron chi connectivity index (χ4n) is 2.60. The van der Waals surface area contributed by atoms with E-state index in [0.29, 0.717) is 24.8 Å². The third kappa shape index (κ3) is 3.80. The van der Waals surface area contributed by atoms with Crippen molar-refractivity contribution in [3.63, 3.8) is 0 Å². The predicted octanol–water partition coefficient (Wildman–Crippen LogP) is 2.11. The summed E-state index contributed by atoms with van der Waals surface area (Å²) < 4.78 is 5.77. The van der Waals surface area contributed by atoms with Crippen LogP contribution in [0.25, 0.3) is 0 Å². The molecule has 1 aliphatic carbocycles. The average Bonchev–Trinajstić information content (AvgIpc) is 2.75. The van der Waals surface area contributed by atoms with Crippen LogP contribution in [0.1, 0.15) is 53.8 Å². The van der Waals surface area contributed by atoms with Crippen LogP contribution in [0, 0.1) is 13.8 Å². The molecule has 19 heavy (non-hydrogen) atoms. The summed E-state index contributed by atoms with van der Waals surface area (Å²) in [6.45, 7) is 4.83. The lowest BCUT2D eigenvalue weighted by Gasteiger charge is -2.21. The zero-order chi connectivity index (χ0) is 13.7. The van der Waals surface area contributed by atoms with Gasteiger partial charge in [-0.1, -0.05) is 19.3 Å². The van der Waals surface area contributed by atoms with Gasteiger partial charge in [-0.2, -0.15) is 5.10 Å². The molecule has 2 N–H and O–H groups in total. The molecule has 106 valence electrons. The Hall–Kier alpha value is -1.36. The van der Waals surface area contributed by atoms with Gasteiger partial charge >= 0.3 is 0 Å². The Morgan fingerprint density at radius 1 is 1.37 bits per heavy atom. The maximum Gasteiger partial charge on any atom is 0.255 e. The third-order valence-electron chi connectivity index (χ3n) is 3.65. The van der Waals surface area contributed by atoms with Crippen LogP contribution in [0.2, 0.25) is 0 Å². The summed E-state index contributed by atoms with van der Waals surface area (Å²) in [6, 6.07) is 0. The van der Waals surface area contributed by atoms with Gasteiger partial charge in [-0.25, -0.2) is 0 Å². The summed E-state index contributed by atoms with van der Waals surface area (Å²) in [7, 11) is 0. The van der Waals surface area contributed by atoms with Crippen LogP contribution in [0.5, 0.6) is 0 Å². The number of carbonyl (C=O) groups is 1. The van der Waals surface area contributed by atoms with Crippen LogP contribution in [0.15, 0.2) is 0 Å². The summed E-state index contributed by atoms with van der Waals surface area (Å²) in [5.74, 6) is -0.0732. The molecule has 2 rings (SSSR count). The Balaban J connectivity index is 1.69. The minimum atomic E-state index is -0.0732. The summed E-state index contributed by atoms with van der Waals surface area (Å²) in [6.07, 6.45) is 6.58. The first-order valence-electron chi connectivity index (χ1n) is 7.10. The number of aryl methyl sites for hydroxylation is 2. The number of H-pyrrole nitrogens is 1. The summed E-state index contributed by atoms with van der Waals surface area (Å²) >= 11 is 0. The molecule has 0 aliphatic heterocycles. The van der Waals surface area contributed by atoms with Gasteiger partial charge in [0.05, 0.1) is 24.0 Å². The molecule has 0 bridgehead atoms. The molecule has 1 fully saturated rings. The van der Waals surface area contributed by atoms with Crippen molar-refractivity contribution in [3.8, 4) is 0 Å². The summed E-state index contributed by atoms with van der Waals surface area (Å²) in [5.41, 5.74) is 2.20. The second-order valence-corrected chi connectivity index (χ2v) is 5.20.